The second-order valence-electron chi connectivity index (χ2n) is 3.74. The SMILES string of the molecule is OC1(CN2CC=CC2)CCC1. The van der Waals surface area contributed by atoms with Gasteiger partial charge in [-0.2, -0.15) is 0 Å². The smallest absolute Gasteiger partial charge is 0.0774 e. The minimum Gasteiger partial charge on any atom is -0.389 e. The Balaban J connectivity index is 1.80. The maximum absolute atomic E-state index is 9.80. The molecule has 0 aromatic rings. The van der Waals surface area contributed by atoms with Crippen LogP contribution < -0.4 is 0 Å². The predicted molar refractivity (Wildman–Crippen MR) is 44.4 cm³/mol. The van der Waals surface area contributed by atoms with Gasteiger partial charge in [-0.25, -0.2) is 0 Å². The van der Waals surface area contributed by atoms with Crippen molar-refractivity contribution < 1.29 is 5.11 Å². The summed E-state index contributed by atoms with van der Waals surface area (Å²) in [4.78, 5) is 2.29. The Morgan fingerprint density at radius 3 is 2.36 bits per heavy atom. The van der Waals surface area contributed by atoms with Gasteiger partial charge in [0.05, 0.1) is 5.60 Å². The first-order chi connectivity index (χ1) is 5.29. The van der Waals surface area contributed by atoms with Gasteiger partial charge in [0.25, 0.3) is 0 Å². The van der Waals surface area contributed by atoms with Gasteiger partial charge < -0.3 is 5.11 Å². The van der Waals surface area contributed by atoms with Crippen molar-refractivity contribution in [1.29, 1.82) is 0 Å². The van der Waals surface area contributed by atoms with Crippen molar-refractivity contribution in [2.75, 3.05) is 19.6 Å². The zero-order valence-corrected chi connectivity index (χ0v) is 6.79. The zero-order valence-electron chi connectivity index (χ0n) is 6.79. The summed E-state index contributed by atoms with van der Waals surface area (Å²) in [5.41, 5.74) is -0.327. The molecule has 1 fully saturated rings. The highest BCUT2D eigenvalue weighted by molar-refractivity contribution is 4.99. The molecule has 2 rings (SSSR count). The molecule has 1 heterocycles. The third-order valence-corrected chi connectivity index (χ3v) is 2.70. The lowest BCUT2D eigenvalue weighted by Gasteiger charge is -2.39. The van der Waals surface area contributed by atoms with Crippen molar-refractivity contribution in [3.05, 3.63) is 12.2 Å². The summed E-state index contributed by atoms with van der Waals surface area (Å²) in [6.07, 6.45) is 7.55. The van der Waals surface area contributed by atoms with Gasteiger partial charge in [-0.1, -0.05) is 12.2 Å². The number of hydrogen-bond donors (Lipinski definition) is 1. The Morgan fingerprint density at radius 1 is 1.27 bits per heavy atom. The molecule has 2 aliphatic rings. The van der Waals surface area contributed by atoms with Crippen molar-refractivity contribution in [2.24, 2.45) is 0 Å². The van der Waals surface area contributed by atoms with Crippen LogP contribution >= 0.6 is 0 Å². The second-order valence-corrected chi connectivity index (χ2v) is 3.74. The van der Waals surface area contributed by atoms with E-state index in [-0.39, 0.29) is 5.60 Å². The predicted octanol–water partition coefficient (Wildman–Crippen LogP) is 0.773. The average molecular weight is 153 g/mol. The van der Waals surface area contributed by atoms with Gasteiger partial charge >= 0.3 is 0 Å². The van der Waals surface area contributed by atoms with E-state index in [0.29, 0.717) is 0 Å². The molecule has 62 valence electrons. The van der Waals surface area contributed by atoms with Crippen LogP contribution in [-0.2, 0) is 0 Å². The Kier molecular flexibility index (Phi) is 1.74. The molecule has 0 amide bonds. The van der Waals surface area contributed by atoms with Crippen molar-refractivity contribution >= 4 is 0 Å². The monoisotopic (exact) mass is 153 g/mol. The van der Waals surface area contributed by atoms with Gasteiger partial charge in [-0.3, -0.25) is 4.90 Å². The fraction of sp³-hybridized carbons (Fsp3) is 0.778. The van der Waals surface area contributed by atoms with Gasteiger partial charge in [0.15, 0.2) is 0 Å². The molecule has 1 aliphatic carbocycles. The molecule has 0 aromatic heterocycles. The first kappa shape index (κ1) is 7.32. The highest BCUT2D eigenvalue weighted by atomic mass is 16.3. The zero-order chi connectivity index (χ0) is 7.73. The van der Waals surface area contributed by atoms with E-state index in [0.717, 1.165) is 32.5 Å². The van der Waals surface area contributed by atoms with Crippen molar-refractivity contribution in [3.8, 4) is 0 Å². The standard InChI is InChI=1S/C9H15NO/c11-9(4-3-5-9)8-10-6-1-2-7-10/h1-2,11H,3-8H2. The van der Waals surface area contributed by atoms with Gasteiger partial charge in [0.2, 0.25) is 0 Å². The van der Waals surface area contributed by atoms with E-state index in [1.807, 2.05) is 0 Å². The first-order valence-electron chi connectivity index (χ1n) is 4.38. The fourth-order valence-corrected chi connectivity index (χ4v) is 1.81. The molecule has 0 saturated heterocycles. The summed E-state index contributed by atoms with van der Waals surface area (Å²) in [7, 11) is 0. The Bertz CT molecular complexity index is 164. The van der Waals surface area contributed by atoms with Crippen molar-refractivity contribution in [3.63, 3.8) is 0 Å². The molecule has 0 spiro atoms. The number of hydrogen-bond acceptors (Lipinski definition) is 2. The first-order valence-corrected chi connectivity index (χ1v) is 4.38. The van der Waals surface area contributed by atoms with Gasteiger partial charge in [-0.15, -0.1) is 0 Å². The molecule has 0 bridgehead atoms. The van der Waals surface area contributed by atoms with Crippen molar-refractivity contribution in [2.45, 2.75) is 24.9 Å². The lowest BCUT2D eigenvalue weighted by Crippen LogP contribution is -2.47. The summed E-state index contributed by atoms with van der Waals surface area (Å²) in [5.74, 6) is 0. The van der Waals surface area contributed by atoms with E-state index in [4.69, 9.17) is 0 Å². The molecule has 0 radical (unpaired) electrons. The number of aliphatic hydroxyl groups is 1. The summed E-state index contributed by atoms with van der Waals surface area (Å²) >= 11 is 0. The minimum atomic E-state index is -0.327. The van der Waals surface area contributed by atoms with Gasteiger partial charge in [-0.05, 0) is 19.3 Å². The van der Waals surface area contributed by atoms with E-state index in [9.17, 15) is 5.11 Å². The van der Waals surface area contributed by atoms with Gasteiger partial charge in [0, 0.05) is 19.6 Å². The van der Waals surface area contributed by atoms with Crippen LogP contribution in [0.5, 0.6) is 0 Å². The van der Waals surface area contributed by atoms with Crippen LogP contribution in [0.4, 0.5) is 0 Å². The third-order valence-electron chi connectivity index (χ3n) is 2.70. The molecule has 1 aliphatic heterocycles. The van der Waals surface area contributed by atoms with Crippen LogP contribution in [0, 0.1) is 0 Å². The van der Waals surface area contributed by atoms with E-state index >= 15 is 0 Å². The largest absolute Gasteiger partial charge is 0.389 e. The Morgan fingerprint density at radius 2 is 1.91 bits per heavy atom. The van der Waals surface area contributed by atoms with E-state index in [1.54, 1.807) is 0 Å². The molecule has 2 heteroatoms. The van der Waals surface area contributed by atoms with Crippen LogP contribution in [0.15, 0.2) is 12.2 Å². The normalized spacial score (nSPS) is 28.8. The van der Waals surface area contributed by atoms with Crippen LogP contribution in [0.3, 0.4) is 0 Å². The Hall–Kier alpha value is -0.340. The molecule has 1 N–H and O–H groups in total. The lowest BCUT2D eigenvalue weighted by atomic mass is 9.80. The second kappa shape index (κ2) is 2.61. The molecular formula is C9H15NO. The van der Waals surface area contributed by atoms with Crippen LogP contribution in [0.2, 0.25) is 0 Å². The summed E-state index contributed by atoms with van der Waals surface area (Å²) < 4.78 is 0. The average Bonchev–Trinajstić information content (AvgIpc) is 2.36. The summed E-state index contributed by atoms with van der Waals surface area (Å²) in [6.45, 7) is 2.94. The van der Waals surface area contributed by atoms with Gasteiger partial charge in [0.1, 0.15) is 0 Å². The molecule has 1 saturated carbocycles. The quantitative estimate of drug-likeness (QED) is 0.592. The number of β-amino-alcohol motifs (C(OH)–C–C–N with tert-alkyl or cyclic N) is 1. The van der Waals surface area contributed by atoms with E-state index < -0.39 is 0 Å². The van der Waals surface area contributed by atoms with Crippen LogP contribution in [0.25, 0.3) is 0 Å². The maximum atomic E-state index is 9.80. The van der Waals surface area contributed by atoms with Crippen LogP contribution in [0.1, 0.15) is 19.3 Å². The fourth-order valence-electron chi connectivity index (χ4n) is 1.81. The van der Waals surface area contributed by atoms with E-state index in [1.165, 1.54) is 6.42 Å². The summed E-state index contributed by atoms with van der Waals surface area (Å²) in [6, 6.07) is 0. The number of rotatable bonds is 2. The van der Waals surface area contributed by atoms with Crippen molar-refractivity contribution in [1.82, 2.24) is 4.90 Å². The Labute approximate surface area is 67.5 Å². The topological polar surface area (TPSA) is 23.5 Å². The molecule has 0 aromatic carbocycles. The van der Waals surface area contributed by atoms with Crippen LogP contribution in [-0.4, -0.2) is 35.2 Å². The molecule has 0 unspecified atom stereocenters. The van der Waals surface area contributed by atoms with E-state index in [2.05, 4.69) is 17.1 Å². The molecule has 11 heavy (non-hydrogen) atoms. The summed E-state index contributed by atoms with van der Waals surface area (Å²) in [5, 5.41) is 9.80. The highest BCUT2D eigenvalue weighted by Gasteiger charge is 2.35. The molecule has 2 nitrogen and oxygen atoms in total. The molecular weight excluding hydrogens is 138 g/mol. The lowest BCUT2D eigenvalue weighted by molar-refractivity contribution is -0.0538. The minimum absolute atomic E-state index is 0.327. The maximum Gasteiger partial charge on any atom is 0.0774 e. The third kappa shape index (κ3) is 1.47. The number of nitrogens with zero attached hydrogens (tertiary/aromatic N) is 1. The molecule has 0 atom stereocenters. The highest BCUT2D eigenvalue weighted by Crippen LogP contribution is 2.32.